The van der Waals surface area contributed by atoms with Gasteiger partial charge in [0.1, 0.15) is 11.4 Å². The van der Waals surface area contributed by atoms with Gasteiger partial charge in [-0.05, 0) is 18.9 Å². The molecule has 132 valence electrons. The third kappa shape index (κ3) is 3.55. The van der Waals surface area contributed by atoms with Crippen LogP contribution in [0.5, 0.6) is 0 Å². The van der Waals surface area contributed by atoms with Crippen LogP contribution in [0.1, 0.15) is 32.1 Å². The van der Waals surface area contributed by atoms with E-state index in [0.29, 0.717) is 12.8 Å². The molecule has 1 aliphatic rings. The van der Waals surface area contributed by atoms with Crippen molar-refractivity contribution < 1.29 is 8.78 Å². The molecule has 4 N–H and O–H groups in total. The lowest BCUT2D eigenvalue weighted by molar-refractivity contribution is -0.0337. The molecule has 0 saturated heterocycles. The van der Waals surface area contributed by atoms with Crippen LogP contribution in [0, 0.1) is 0 Å². The van der Waals surface area contributed by atoms with Crippen molar-refractivity contribution in [3.05, 3.63) is 50.9 Å². The van der Waals surface area contributed by atoms with Crippen molar-refractivity contribution in [3.8, 4) is 0 Å². The van der Waals surface area contributed by atoms with Crippen LogP contribution in [-0.4, -0.2) is 10.9 Å². The molecule has 4 rings (SSSR count). The number of nitrogens with one attached hydrogen (secondary N) is 2. The van der Waals surface area contributed by atoms with Crippen molar-refractivity contribution in [3.63, 3.8) is 0 Å². The highest BCUT2D eigenvalue weighted by atomic mass is 19.3. The Morgan fingerprint density at radius 2 is 1.72 bits per heavy atom. The van der Waals surface area contributed by atoms with Crippen LogP contribution in [0.4, 0.5) is 25.8 Å². The van der Waals surface area contributed by atoms with Crippen LogP contribution >= 0.6 is 0 Å². The van der Waals surface area contributed by atoms with Crippen LogP contribution in [0.25, 0.3) is 10.9 Å². The highest BCUT2D eigenvalue weighted by Crippen LogP contribution is 2.32. The van der Waals surface area contributed by atoms with Gasteiger partial charge in [-0.25, -0.2) is 8.78 Å². The number of aromatic nitrogens is 1. The Morgan fingerprint density at radius 3 is 2.32 bits per heavy atom. The summed E-state index contributed by atoms with van der Waals surface area (Å²) in [4.78, 5) is 25.3. The summed E-state index contributed by atoms with van der Waals surface area (Å²) in [5.41, 5.74) is 6.14. The third-order valence-electron chi connectivity index (χ3n) is 4.38. The first-order valence-electron chi connectivity index (χ1n) is 8.19. The Morgan fingerprint density at radius 1 is 1.04 bits per heavy atom. The van der Waals surface area contributed by atoms with Gasteiger partial charge < -0.3 is 16.0 Å². The number of aromatic amines is 1. The van der Waals surface area contributed by atoms with Gasteiger partial charge in [-0.1, -0.05) is 24.6 Å². The van der Waals surface area contributed by atoms with Crippen molar-refractivity contribution in [2.75, 3.05) is 11.1 Å². The second-order valence-corrected chi connectivity index (χ2v) is 6.24. The van der Waals surface area contributed by atoms with Crippen molar-refractivity contribution >= 4 is 28.0 Å². The number of anilines is 3. The van der Waals surface area contributed by atoms with Gasteiger partial charge in [0.15, 0.2) is 0 Å². The second-order valence-electron chi connectivity index (χ2n) is 6.24. The standard InChI is InChI=1S/C12H9N3O2.C6H10F2/c13-9-10(12(17)11(9)16)15-8-5-14-7-4-2-1-3-6(7)8;7-6(8)4-2-1-3-5-6/h1-5,14-15H,13H2;1-5H2. The summed E-state index contributed by atoms with van der Waals surface area (Å²) in [5.74, 6) is -2.32. The van der Waals surface area contributed by atoms with E-state index in [0.717, 1.165) is 23.0 Å². The molecule has 25 heavy (non-hydrogen) atoms. The first kappa shape index (κ1) is 17.1. The van der Waals surface area contributed by atoms with Gasteiger partial charge in [-0.3, -0.25) is 9.59 Å². The van der Waals surface area contributed by atoms with Gasteiger partial charge in [-0.15, -0.1) is 0 Å². The minimum atomic E-state index is -2.32. The molecule has 3 aromatic rings. The molecular formula is C18H19F2N3O2. The van der Waals surface area contributed by atoms with Crippen LogP contribution < -0.4 is 21.9 Å². The molecule has 0 aliphatic heterocycles. The number of fused-ring (bicyclic) bond motifs is 1. The smallest absolute Gasteiger partial charge is 0.253 e. The zero-order valence-electron chi connectivity index (χ0n) is 13.6. The summed E-state index contributed by atoms with van der Waals surface area (Å²) < 4.78 is 24.4. The molecule has 0 radical (unpaired) electrons. The molecule has 1 fully saturated rings. The normalized spacial score (nSPS) is 16.4. The SMILES string of the molecule is FC1(F)CCCCC1.Nc1c(Nc2c[nH]c3ccccc23)c(=O)c1=O. The lowest BCUT2D eigenvalue weighted by atomic mass is 9.97. The Bertz CT molecular complexity index is 947. The van der Waals surface area contributed by atoms with Crippen LogP contribution in [0.2, 0.25) is 0 Å². The lowest BCUT2D eigenvalue weighted by Gasteiger charge is -2.20. The molecule has 0 unspecified atom stereocenters. The molecule has 0 spiro atoms. The van der Waals surface area contributed by atoms with Gasteiger partial charge in [0.25, 0.3) is 10.9 Å². The van der Waals surface area contributed by atoms with Crippen LogP contribution in [0.3, 0.4) is 0 Å². The monoisotopic (exact) mass is 347 g/mol. The number of hydrogen-bond donors (Lipinski definition) is 3. The van der Waals surface area contributed by atoms with Crippen molar-refractivity contribution in [2.24, 2.45) is 0 Å². The van der Waals surface area contributed by atoms with E-state index in [2.05, 4.69) is 10.3 Å². The number of halogens is 2. The van der Waals surface area contributed by atoms with Gasteiger partial charge in [0, 0.05) is 29.9 Å². The van der Waals surface area contributed by atoms with E-state index in [-0.39, 0.29) is 24.2 Å². The van der Waals surface area contributed by atoms with E-state index in [1.165, 1.54) is 0 Å². The predicted octanol–water partition coefficient (Wildman–Crippen LogP) is 3.68. The first-order valence-corrected chi connectivity index (χ1v) is 8.19. The van der Waals surface area contributed by atoms with E-state index in [9.17, 15) is 18.4 Å². The van der Waals surface area contributed by atoms with Crippen LogP contribution in [-0.2, 0) is 0 Å². The summed E-state index contributed by atoms with van der Waals surface area (Å²) in [6.07, 6.45) is 4.40. The molecule has 1 heterocycles. The highest BCUT2D eigenvalue weighted by Gasteiger charge is 2.30. The van der Waals surface area contributed by atoms with E-state index in [4.69, 9.17) is 5.73 Å². The van der Waals surface area contributed by atoms with Crippen molar-refractivity contribution in [2.45, 2.75) is 38.0 Å². The van der Waals surface area contributed by atoms with Gasteiger partial charge in [0.2, 0.25) is 5.92 Å². The van der Waals surface area contributed by atoms with Crippen molar-refractivity contribution in [1.29, 1.82) is 0 Å². The summed E-state index contributed by atoms with van der Waals surface area (Å²) in [7, 11) is 0. The number of alkyl halides is 2. The quantitative estimate of drug-likeness (QED) is 0.617. The number of para-hydroxylation sites is 1. The van der Waals surface area contributed by atoms with Gasteiger partial charge >= 0.3 is 0 Å². The molecule has 5 nitrogen and oxygen atoms in total. The fourth-order valence-corrected chi connectivity index (χ4v) is 2.91. The summed E-state index contributed by atoms with van der Waals surface area (Å²) in [5, 5.41) is 3.83. The maximum atomic E-state index is 12.2. The molecule has 1 aromatic heterocycles. The third-order valence-corrected chi connectivity index (χ3v) is 4.38. The second kappa shape index (κ2) is 6.66. The van der Waals surface area contributed by atoms with Gasteiger partial charge in [-0.2, -0.15) is 0 Å². The lowest BCUT2D eigenvalue weighted by Crippen LogP contribution is -2.36. The fraction of sp³-hybridized carbons (Fsp3) is 0.333. The Labute approximate surface area is 142 Å². The summed E-state index contributed by atoms with van der Waals surface area (Å²) >= 11 is 0. The molecule has 1 aliphatic carbocycles. The highest BCUT2D eigenvalue weighted by molar-refractivity contribution is 5.95. The number of nitrogen functional groups attached to an aromatic ring is 1. The zero-order valence-corrected chi connectivity index (χ0v) is 13.6. The van der Waals surface area contributed by atoms with E-state index in [1.807, 2.05) is 24.3 Å². The minimum absolute atomic E-state index is 0.000260. The fourth-order valence-electron chi connectivity index (χ4n) is 2.91. The molecular weight excluding hydrogens is 328 g/mol. The molecule has 1 saturated carbocycles. The largest absolute Gasteiger partial charge is 0.394 e. The molecule has 0 bridgehead atoms. The van der Waals surface area contributed by atoms with E-state index < -0.39 is 16.8 Å². The van der Waals surface area contributed by atoms with E-state index in [1.54, 1.807) is 6.20 Å². The van der Waals surface area contributed by atoms with Gasteiger partial charge in [0.05, 0.1) is 5.69 Å². The number of benzene rings is 1. The average Bonchev–Trinajstić information content (AvgIpc) is 3.02. The number of rotatable bonds is 2. The number of hydrogen-bond acceptors (Lipinski definition) is 4. The molecule has 0 amide bonds. The number of H-pyrrole nitrogens is 1. The molecule has 7 heteroatoms. The Hall–Kier alpha value is -2.70. The zero-order chi connectivity index (χ0) is 18.0. The van der Waals surface area contributed by atoms with E-state index >= 15 is 0 Å². The van der Waals surface area contributed by atoms with Crippen LogP contribution in [0.15, 0.2) is 40.1 Å². The number of nitrogens with two attached hydrogens (primary N) is 1. The first-order chi connectivity index (χ1) is 11.9. The predicted molar refractivity (Wildman–Crippen MR) is 95.4 cm³/mol. The Kier molecular flexibility index (Phi) is 4.57. The molecule has 2 aromatic carbocycles. The summed E-state index contributed by atoms with van der Waals surface area (Å²) in [6, 6.07) is 7.64. The maximum Gasteiger partial charge on any atom is 0.253 e. The topological polar surface area (TPSA) is 88.0 Å². The average molecular weight is 347 g/mol. The summed E-state index contributed by atoms with van der Waals surface area (Å²) in [6.45, 7) is 0. The Balaban J connectivity index is 0.000000192. The van der Waals surface area contributed by atoms with Crippen molar-refractivity contribution in [1.82, 2.24) is 4.98 Å². The molecule has 0 atom stereocenters. The maximum absolute atomic E-state index is 12.2. The minimum Gasteiger partial charge on any atom is -0.394 e.